The lowest BCUT2D eigenvalue weighted by atomic mass is 10.1. The smallest absolute Gasteiger partial charge is 0.259 e. The number of phenols is 1. The van der Waals surface area contributed by atoms with Crippen LogP contribution in [0.25, 0.3) is 0 Å². The molecular weight excluding hydrogens is 383 g/mol. The molecule has 106 valence electrons. The highest BCUT2D eigenvalue weighted by molar-refractivity contribution is 14.1. The summed E-state index contributed by atoms with van der Waals surface area (Å²) in [7, 11) is 0. The van der Waals surface area contributed by atoms with E-state index in [2.05, 4.69) is 10.6 Å². The summed E-state index contributed by atoms with van der Waals surface area (Å²) in [6.07, 6.45) is 0. The van der Waals surface area contributed by atoms with E-state index >= 15 is 0 Å². The molecule has 6 heteroatoms. The molecule has 0 atom stereocenters. The molecule has 1 aliphatic heterocycles. The summed E-state index contributed by atoms with van der Waals surface area (Å²) >= 11 is 1.96. The number of amides is 2. The van der Waals surface area contributed by atoms with Crippen molar-refractivity contribution in [3.8, 4) is 5.75 Å². The van der Waals surface area contributed by atoms with Crippen LogP contribution in [0.2, 0.25) is 0 Å². The maximum absolute atomic E-state index is 12.3. The Labute approximate surface area is 134 Å². The predicted octanol–water partition coefficient (Wildman–Crippen LogP) is 2.49. The molecule has 0 fully saturated rings. The number of phenolic OH excluding ortho intramolecular Hbond substituents is 1. The lowest BCUT2D eigenvalue weighted by Gasteiger charge is -2.10. The highest BCUT2D eigenvalue weighted by atomic mass is 127. The van der Waals surface area contributed by atoms with Crippen molar-refractivity contribution in [3.05, 3.63) is 56.7 Å². The Morgan fingerprint density at radius 3 is 2.81 bits per heavy atom. The van der Waals surface area contributed by atoms with Crippen LogP contribution in [0.15, 0.2) is 36.4 Å². The first-order chi connectivity index (χ1) is 10.1. The molecule has 0 bridgehead atoms. The number of halogens is 1. The minimum atomic E-state index is -0.404. The molecule has 0 saturated carbocycles. The Morgan fingerprint density at radius 2 is 2.00 bits per heavy atom. The van der Waals surface area contributed by atoms with Crippen LogP contribution in [0.3, 0.4) is 0 Å². The summed E-state index contributed by atoms with van der Waals surface area (Å²) in [6, 6.07) is 10.2. The lowest BCUT2D eigenvalue weighted by molar-refractivity contribution is 0.0964. The zero-order chi connectivity index (χ0) is 15.0. The largest absolute Gasteiger partial charge is 0.506 e. The standard InChI is InChI=1S/C15H11IN2O3/c16-11-5-1-4-9(13(11)19)15(21)18-12-6-2-3-8-10(12)7-17-14(8)20/h1-6,19H,7H2,(H,17,20)(H,18,21). The molecule has 1 aliphatic rings. The first kappa shape index (κ1) is 13.9. The third-order valence-corrected chi connectivity index (χ3v) is 4.20. The van der Waals surface area contributed by atoms with Gasteiger partial charge in [-0.25, -0.2) is 0 Å². The maximum Gasteiger partial charge on any atom is 0.259 e. The number of carbonyl (C=O) groups excluding carboxylic acids is 2. The highest BCUT2D eigenvalue weighted by Crippen LogP contribution is 2.27. The molecule has 5 nitrogen and oxygen atoms in total. The second-order valence-electron chi connectivity index (χ2n) is 4.60. The number of benzene rings is 2. The van der Waals surface area contributed by atoms with Gasteiger partial charge in [-0.2, -0.15) is 0 Å². The highest BCUT2D eigenvalue weighted by Gasteiger charge is 2.22. The van der Waals surface area contributed by atoms with Crippen molar-refractivity contribution >= 4 is 40.1 Å². The Kier molecular flexibility index (Phi) is 3.54. The molecule has 21 heavy (non-hydrogen) atoms. The first-order valence-corrected chi connectivity index (χ1v) is 7.34. The third kappa shape index (κ3) is 2.46. The van der Waals surface area contributed by atoms with E-state index in [-0.39, 0.29) is 17.2 Å². The van der Waals surface area contributed by atoms with E-state index in [1.165, 1.54) is 0 Å². The van der Waals surface area contributed by atoms with Crippen molar-refractivity contribution in [3.63, 3.8) is 0 Å². The summed E-state index contributed by atoms with van der Waals surface area (Å²) < 4.78 is 0.607. The van der Waals surface area contributed by atoms with Crippen molar-refractivity contribution in [2.24, 2.45) is 0 Å². The number of anilines is 1. The summed E-state index contributed by atoms with van der Waals surface area (Å²) in [6.45, 7) is 0.392. The number of hydrogen-bond acceptors (Lipinski definition) is 3. The van der Waals surface area contributed by atoms with Gasteiger partial charge in [-0.1, -0.05) is 12.1 Å². The number of hydrogen-bond donors (Lipinski definition) is 3. The van der Waals surface area contributed by atoms with Gasteiger partial charge in [-0.15, -0.1) is 0 Å². The van der Waals surface area contributed by atoms with Gasteiger partial charge in [0.05, 0.1) is 9.13 Å². The lowest BCUT2D eigenvalue weighted by Crippen LogP contribution is -2.14. The zero-order valence-electron chi connectivity index (χ0n) is 10.8. The van der Waals surface area contributed by atoms with Gasteiger partial charge >= 0.3 is 0 Å². The molecule has 0 radical (unpaired) electrons. The maximum atomic E-state index is 12.3. The summed E-state index contributed by atoms with van der Waals surface area (Å²) in [5.74, 6) is -0.589. The number of fused-ring (bicyclic) bond motifs is 1. The molecule has 0 aromatic heterocycles. The van der Waals surface area contributed by atoms with Crippen LogP contribution in [0.5, 0.6) is 5.75 Å². The number of carbonyl (C=O) groups is 2. The van der Waals surface area contributed by atoms with Crippen LogP contribution in [-0.2, 0) is 6.54 Å². The second kappa shape index (κ2) is 5.36. The SMILES string of the molecule is O=C(Nc1cccc2c1CNC2=O)c1cccc(I)c1O. The molecule has 3 rings (SSSR count). The monoisotopic (exact) mass is 394 g/mol. The number of aromatic hydroxyl groups is 1. The zero-order valence-corrected chi connectivity index (χ0v) is 13.0. The van der Waals surface area contributed by atoms with Gasteiger partial charge in [0, 0.05) is 23.4 Å². The van der Waals surface area contributed by atoms with E-state index in [4.69, 9.17) is 0 Å². The fourth-order valence-electron chi connectivity index (χ4n) is 2.26. The molecule has 2 aromatic carbocycles. The Bertz CT molecular complexity index is 759. The normalized spacial score (nSPS) is 12.7. The fraction of sp³-hybridized carbons (Fsp3) is 0.0667. The van der Waals surface area contributed by atoms with Gasteiger partial charge in [0.25, 0.3) is 11.8 Å². The molecular formula is C15H11IN2O3. The molecule has 0 aliphatic carbocycles. The first-order valence-electron chi connectivity index (χ1n) is 6.27. The van der Waals surface area contributed by atoms with Crippen LogP contribution in [0.1, 0.15) is 26.3 Å². The fourth-order valence-corrected chi connectivity index (χ4v) is 2.76. The van der Waals surface area contributed by atoms with E-state index in [9.17, 15) is 14.7 Å². The van der Waals surface area contributed by atoms with Gasteiger partial charge in [-0.05, 0) is 46.9 Å². The van der Waals surface area contributed by atoms with E-state index in [0.29, 0.717) is 21.4 Å². The molecule has 3 N–H and O–H groups in total. The second-order valence-corrected chi connectivity index (χ2v) is 5.77. The van der Waals surface area contributed by atoms with Crippen LogP contribution < -0.4 is 10.6 Å². The van der Waals surface area contributed by atoms with Crippen molar-refractivity contribution in [1.82, 2.24) is 5.32 Å². The number of nitrogens with one attached hydrogen (secondary N) is 2. The Morgan fingerprint density at radius 1 is 1.24 bits per heavy atom. The average molecular weight is 394 g/mol. The Hall–Kier alpha value is -2.09. The summed E-state index contributed by atoms with van der Waals surface area (Å²) in [5.41, 5.74) is 2.12. The van der Waals surface area contributed by atoms with Gasteiger partial charge < -0.3 is 15.7 Å². The molecule has 0 spiro atoms. The Balaban J connectivity index is 1.93. The quantitative estimate of drug-likeness (QED) is 0.685. The predicted molar refractivity (Wildman–Crippen MR) is 86.4 cm³/mol. The van der Waals surface area contributed by atoms with Gasteiger partial charge in [0.1, 0.15) is 5.75 Å². The van der Waals surface area contributed by atoms with Gasteiger partial charge in [-0.3, -0.25) is 9.59 Å². The third-order valence-electron chi connectivity index (χ3n) is 3.33. The van der Waals surface area contributed by atoms with Crippen molar-refractivity contribution in [2.75, 3.05) is 5.32 Å². The minimum Gasteiger partial charge on any atom is -0.506 e. The van der Waals surface area contributed by atoms with Crippen LogP contribution in [0.4, 0.5) is 5.69 Å². The minimum absolute atomic E-state index is 0.0441. The number of para-hydroxylation sites is 1. The van der Waals surface area contributed by atoms with E-state index in [1.807, 2.05) is 22.6 Å². The van der Waals surface area contributed by atoms with Crippen LogP contribution in [-0.4, -0.2) is 16.9 Å². The van der Waals surface area contributed by atoms with Crippen molar-refractivity contribution in [2.45, 2.75) is 6.54 Å². The molecule has 1 heterocycles. The van der Waals surface area contributed by atoms with Crippen LogP contribution in [0, 0.1) is 3.57 Å². The van der Waals surface area contributed by atoms with E-state index in [1.54, 1.807) is 36.4 Å². The average Bonchev–Trinajstić information content (AvgIpc) is 2.85. The van der Waals surface area contributed by atoms with Gasteiger partial charge in [0.2, 0.25) is 0 Å². The molecule has 2 amide bonds. The summed E-state index contributed by atoms with van der Waals surface area (Å²) in [4.78, 5) is 23.9. The molecule has 2 aromatic rings. The van der Waals surface area contributed by atoms with E-state index in [0.717, 1.165) is 5.56 Å². The van der Waals surface area contributed by atoms with E-state index < -0.39 is 5.91 Å². The molecule has 0 unspecified atom stereocenters. The molecule has 0 saturated heterocycles. The van der Waals surface area contributed by atoms with Crippen molar-refractivity contribution in [1.29, 1.82) is 0 Å². The van der Waals surface area contributed by atoms with Crippen LogP contribution >= 0.6 is 22.6 Å². The van der Waals surface area contributed by atoms with Gasteiger partial charge in [0.15, 0.2) is 0 Å². The van der Waals surface area contributed by atoms with Crippen molar-refractivity contribution < 1.29 is 14.7 Å². The summed E-state index contributed by atoms with van der Waals surface area (Å²) in [5, 5.41) is 15.4. The number of rotatable bonds is 2. The topological polar surface area (TPSA) is 78.4 Å².